The number of amides is 1. The Bertz CT molecular complexity index is 522. The number of carbonyl (C=O) groups excluding carboxylic acids is 1. The summed E-state index contributed by atoms with van der Waals surface area (Å²) in [5.41, 5.74) is 6.34. The molecule has 0 radical (unpaired) electrons. The molecule has 2 aromatic heterocycles. The van der Waals surface area contributed by atoms with Crippen LogP contribution in [0.15, 0.2) is 31.0 Å². The summed E-state index contributed by atoms with van der Waals surface area (Å²) in [7, 11) is 0. The average Bonchev–Trinajstić information content (AvgIpc) is 2.94. The van der Waals surface area contributed by atoms with Crippen molar-refractivity contribution in [3.8, 4) is 5.82 Å². The number of aromatic nitrogens is 4. The number of nitrogens with one attached hydrogen (secondary N) is 1. The predicted molar refractivity (Wildman–Crippen MR) is 70.7 cm³/mol. The molecule has 19 heavy (non-hydrogen) atoms. The number of hydrogen-bond donors (Lipinski definition) is 2. The van der Waals surface area contributed by atoms with E-state index in [1.165, 1.54) is 11.0 Å². The number of nitrogens with two attached hydrogens (primary N) is 1. The van der Waals surface area contributed by atoms with E-state index in [2.05, 4.69) is 20.4 Å². The van der Waals surface area contributed by atoms with E-state index in [0.717, 1.165) is 6.42 Å². The average molecular weight is 260 g/mol. The molecule has 0 unspecified atom stereocenters. The smallest absolute Gasteiger partial charge is 0.241 e. The highest BCUT2D eigenvalue weighted by Crippen LogP contribution is 2.09. The lowest BCUT2D eigenvalue weighted by Gasteiger charge is -2.11. The molecule has 100 valence electrons. The van der Waals surface area contributed by atoms with Gasteiger partial charge < -0.3 is 11.1 Å². The maximum Gasteiger partial charge on any atom is 0.241 e. The van der Waals surface area contributed by atoms with Crippen molar-refractivity contribution < 1.29 is 4.79 Å². The van der Waals surface area contributed by atoms with Gasteiger partial charge in [0.2, 0.25) is 5.91 Å². The van der Waals surface area contributed by atoms with Crippen LogP contribution in [-0.4, -0.2) is 31.7 Å². The van der Waals surface area contributed by atoms with Gasteiger partial charge in [0, 0.05) is 0 Å². The molecule has 0 aliphatic carbocycles. The topological polar surface area (TPSA) is 98.7 Å². The molecule has 7 heteroatoms. The van der Waals surface area contributed by atoms with Crippen molar-refractivity contribution in [3.05, 3.63) is 31.0 Å². The van der Waals surface area contributed by atoms with E-state index in [1.54, 1.807) is 24.7 Å². The SMILES string of the molecule is CCC[C@H](N)C(=O)Nc1ccc(-n2cncn2)nc1. The second kappa shape index (κ2) is 6.05. The summed E-state index contributed by atoms with van der Waals surface area (Å²) >= 11 is 0. The van der Waals surface area contributed by atoms with Gasteiger partial charge >= 0.3 is 0 Å². The largest absolute Gasteiger partial charge is 0.323 e. The molecule has 7 nitrogen and oxygen atoms in total. The monoisotopic (exact) mass is 260 g/mol. The molecule has 0 bridgehead atoms. The molecular formula is C12H16N6O. The normalized spacial score (nSPS) is 12.1. The van der Waals surface area contributed by atoms with Gasteiger partial charge in [0.1, 0.15) is 12.7 Å². The molecule has 0 aliphatic heterocycles. The molecular weight excluding hydrogens is 244 g/mol. The summed E-state index contributed by atoms with van der Waals surface area (Å²) in [5, 5.41) is 6.69. The maximum absolute atomic E-state index is 11.7. The van der Waals surface area contributed by atoms with Gasteiger partial charge in [-0.25, -0.2) is 14.6 Å². The van der Waals surface area contributed by atoms with Crippen molar-refractivity contribution in [1.29, 1.82) is 0 Å². The van der Waals surface area contributed by atoms with Gasteiger partial charge in [-0.05, 0) is 18.6 Å². The van der Waals surface area contributed by atoms with Gasteiger partial charge in [-0.2, -0.15) is 5.10 Å². The number of nitrogens with zero attached hydrogens (tertiary/aromatic N) is 4. The Balaban J connectivity index is 2.01. The standard InChI is InChI=1S/C12H16N6O/c1-2-3-10(13)12(19)17-9-4-5-11(15-6-9)18-8-14-7-16-18/h4-8,10H,2-3,13H2,1H3,(H,17,19)/t10-/m0/s1. The fraction of sp³-hybridized carbons (Fsp3) is 0.333. The van der Waals surface area contributed by atoms with Gasteiger partial charge in [-0.1, -0.05) is 13.3 Å². The maximum atomic E-state index is 11.7. The first-order chi connectivity index (χ1) is 9.20. The molecule has 1 amide bonds. The van der Waals surface area contributed by atoms with E-state index < -0.39 is 6.04 Å². The second-order valence-corrected chi connectivity index (χ2v) is 4.13. The first-order valence-electron chi connectivity index (χ1n) is 6.08. The van der Waals surface area contributed by atoms with Crippen LogP contribution in [0.2, 0.25) is 0 Å². The second-order valence-electron chi connectivity index (χ2n) is 4.13. The van der Waals surface area contributed by atoms with E-state index in [4.69, 9.17) is 5.73 Å². The lowest BCUT2D eigenvalue weighted by Crippen LogP contribution is -2.35. The summed E-state index contributed by atoms with van der Waals surface area (Å²) in [6.45, 7) is 1.99. The minimum Gasteiger partial charge on any atom is -0.323 e. The van der Waals surface area contributed by atoms with E-state index in [9.17, 15) is 4.79 Å². The molecule has 3 N–H and O–H groups in total. The molecule has 1 atom stereocenters. The zero-order valence-corrected chi connectivity index (χ0v) is 10.7. The Kier molecular flexibility index (Phi) is 4.19. The molecule has 2 aromatic rings. The molecule has 0 aromatic carbocycles. The molecule has 0 saturated carbocycles. The Morgan fingerprint density at radius 1 is 1.53 bits per heavy atom. The van der Waals surface area contributed by atoms with Crippen LogP contribution in [0.3, 0.4) is 0 Å². The Hall–Kier alpha value is -2.28. The number of rotatable bonds is 5. The third kappa shape index (κ3) is 3.35. The highest BCUT2D eigenvalue weighted by atomic mass is 16.2. The lowest BCUT2D eigenvalue weighted by atomic mass is 10.1. The third-order valence-electron chi connectivity index (χ3n) is 2.61. The summed E-state index contributed by atoms with van der Waals surface area (Å²) in [5.74, 6) is 0.436. The zero-order chi connectivity index (χ0) is 13.7. The van der Waals surface area contributed by atoms with Crippen LogP contribution in [0, 0.1) is 0 Å². The highest BCUT2D eigenvalue weighted by Gasteiger charge is 2.12. The number of hydrogen-bond acceptors (Lipinski definition) is 5. The fourth-order valence-corrected chi connectivity index (χ4v) is 1.60. The van der Waals surface area contributed by atoms with Crippen molar-refractivity contribution in [2.45, 2.75) is 25.8 Å². The molecule has 0 aliphatic rings. The van der Waals surface area contributed by atoms with Crippen LogP contribution in [-0.2, 0) is 4.79 Å². The van der Waals surface area contributed by atoms with Gasteiger partial charge in [0.15, 0.2) is 5.82 Å². The molecule has 0 fully saturated rings. The van der Waals surface area contributed by atoms with Gasteiger partial charge in [0.05, 0.1) is 17.9 Å². The first-order valence-corrected chi connectivity index (χ1v) is 6.08. The van der Waals surface area contributed by atoms with Crippen molar-refractivity contribution in [2.75, 3.05) is 5.32 Å². The van der Waals surface area contributed by atoms with E-state index in [1.807, 2.05) is 6.92 Å². The fourth-order valence-electron chi connectivity index (χ4n) is 1.60. The van der Waals surface area contributed by atoms with E-state index in [-0.39, 0.29) is 5.91 Å². The summed E-state index contributed by atoms with van der Waals surface area (Å²) < 4.78 is 1.54. The Morgan fingerprint density at radius 3 is 2.95 bits per heavy atom. The first kappa shape index (κ1) is 13.2. The van der Waals surface area contributed by atoms with Crippen molar-refractivity contribution in [2.24, 2.45) is 5.73 Å². The van der Waals surface area contributed by atoms with Crippen LogP contribution in [0.25, 0.3) is 5.82 Å². The Morgan fingerprint density at radius 2 is 2.37 bits per heavy atom. The minimum absolute atomic E-state index is 0.197. The van der Waals surface area contributed by atoms with Crippen molar-refractivity contribution >= 4 is 11.6 Å². The van der Waals surface area contributed by atoms with E-state index >= 15 is 0 Å². The molecule has 0 spiro atoms. The zero-order valence-electron chi connectivity index (χ0n) is 10.7. The van der Waals surface area contributed by atoms with Crippen LogP contribution in [0.5, 0.6) is 0 Å². The summed E-state index contributed by atoms with van der Waals surface area (Å²) in [6, 6.07) is 3.01. The van der Waals surface area contributed by atoms with E-state index in [0.29, 0.717) is 17.9 Å². The van der Waals surface area contributed by atoms with Gasteiger partial charge in [0.25, 0.3) is 0 Å². The lowest BCUT2D eigenvalue weighted by molar-refractivity contribution is -0.117. The van der Waals surface area contributed by atoms with Crippen LogP contribution >= 0.6 is 0 Å². The number of pyridine rings is 1. The van der Waals surface area contributed by atoms with Crippen LogP contribution in [0.4, 0.5) is 5.69 Å². The summed E-state index contributed by atoms with van der Waals surface area (Å²) in [6.07, 6.45) is 6.08. The van der Waals surface area contributed by atoms with Crippen LogP contribution in [0.1, 0.15) is 19.8 Å². The minimum atomic E-state index is -0.486. The molecule has 0 saturated heterocycles. The Labute approximate surface area is 110 Å². The van der Waals surface area contributed by atoms with Crippen molar-refractivity contribution in [1.82, 2.24) is 19.7 Å². The van der Waals surface area contributed by atoms with Crippen LogP contribution < -0.4 is 11.1 Å². The van der Waals surface area contributed by atoms with Gasteiger partial charge in [-0.15, -0.1) is 0 Å². The predicted octanol–water partition coefficient (Wildman–Crippen LogP) is 0.728. The third-order valence-corrected chi connectivity index (χ3v) is 2.61. The number of anilines is 1. The molecule has 2 rings (SSSR count). The van der Waals surface area contributed by atoms with Gasteiger partial charge in [-0.3, -0.25) is 4.79 Å². The number of carbonyl (C=O) groups is 1. The highest BCUT2D eigenvalue weighted by molar-refractivity contribution is 5.94. The van der Waals surface area contributed by atoms with Crippen molar-refractivity contribution in [3.63, 3.8) is 0 Å². The molecule has 2 heterocycles. The summed E-state index contributed by atoms with van der Waals surface area (Å²) in [4.78, 5) is 19.7. The quantitative estimate of drug-likeness (QED) is 0.825.